The Hall–Kier alpha value is -2.37. The van der Waals surface area contributed by atoms with Gasteiger partial charge < -0.3 is 10.6 Å². The summed E-state index contributed by atoms with van der Waals surface area (Å²) in [5.74, 6) is -0.392. The van der Waals surface area contributed by atoms with Crippen molar-refractivity contribution in [2.75, 3.05) is 19.6 Å². The minimum absolute atomic E-state index is 0.0125. The fourth-order valence-electron chi connectivity index (χ4n) is 3.30. The topological polar surface area (TPSA) is 61.4 Å². The van der Waals surface area contributed by atoms with Crippen molar-refractivity contribution in [2.24, 2.45) is 0 Å². The van der Waals surface area contributed by atoms with Gasteiger partial charge in [-0.2, -0.15) is 0 Å². The smallest absolute Gasteiger partial charge is 0.251 e. The van der Waals surface area contributed by atoms with Crippen LogP contribution in [0.2, 0.25) is 5.02 Å². The van der Waals surface area contributed by atoms with Crippen LogP contribution in [0.5, 0.6) is 0 Å². The summed E-state index contributed by atoms with van der Waals surface area (Å²) in [6.45, 7) is 2.65. The minimum atomic E-state index is -0.237. The van der Waals surface area contributed by atoms with Crippen LogP contribution in [0.4, 0.5) is 0 Å². The number of hydrogen-bond acceptors (Lipinski definition) is 3. The number of amides is 2. The predicted octanol–water partition coefficient (Wildman–Crippen LogP) is 2.85. The lowest BCUT2D eigenvalue weighted by Gasteiger charge is -2.33. The number of piperidine rings is 1. The Morgan fingerprint density at radius 2 is 1.81 bits per heavy atom. The Kier molecular flexibility index (Phi) is 6.85. The fourth-order valence-corrected chi connectivity index (χ4v) is 3.42. The van der Waals surface area contributed by atoms with Crippen LogP contribution >= 0.6 is 11.6 Å². The van der Waals surface area contributed by atoms with Crippen LogP contribution in [-0.4, -0.2) is 42.4 Å². The summed E-state index contributed by atoms with van der Waals surface area (Å²) in [4.78, 5) is 26.5. The van der Waals surface area contributed by atoms with Gasteiger partial charge in [0.2, 0.25) is 5.91 Å². The monoisotopic (exact) mass is 385 g/mol. The molecule has 0 saturated carbocycles. The molecule has 0 aromatic heterocycles. The second-order valence-electron chi connectivity index (χ2n) is 6.82. The first-order valence-corrected chi connectivity index (χ1v) is 9.57. The predicted molar refractivity (Wildman–Crippen MR) is 107 cm³/mol. The molecule has 2 amide bonds. The number of carbonyl (C=O) groups excluding carboxylic acids is 2. The van der Waals surface area contributed by atoms with E-state index in [0.29, 0.717) is 5.56 Å². The van der Waals surface area contributed by atoms with E-state index in [-0.39, 0.29) is 24.4 Å². The van der Waals surface area contributed by atoms with Crippen LogP contribution in [0.25, 0.3) is 0 Å². The highest BCUT2D eigenvalue weighted by Crippen LogP contribution is 2.15. The molecule has 142 valence electrons. The molecule has 1 heterocycles. The van der Waals surface area contributed by atoms with Crippen molar-refractivity contribution in [3.05, 3.63) is 70.7 Å². The van der Waals surface area contributed by atoms with Crippen LogP contribution in [0.1, 0.15) is 28.8 Å². The highest BCUT2D eigenvalue weighted by Gasteiger charge is 2.21. The molecule has 6 heteroatoms. The second-order valence-corrected chi connectivity index (χ2v) is 7.25. The molecular formula is C21H24ClN3O2. The average molecular weight is 386 g/mol. The first kappa shape index (κ1) is 19.4. The van der Waals surface area contributed by atoms with Crippen molar-refractivity contribution in [1.82, 2.24) is 15.5 Å². The van der Waals surface area contributed by atoms with E-state index in [4.69, 9.17) is 11.6 Å². The number of carbonyl (C=O) groups is 2. The number of rotatable bonds is 6. The van der Waals surface area contributed by atoms with E-state index in [1.807, 2.05) is 30.3 Å². The summed E-state index contributed by atoms with van der Waals surface area (Å²) >= 11 is 5.93. The standard InChI is InChI=1S/C21H24ClN3O2/c22-18-10-8-16(9-11-18)14-25-12-4-7-19(15-25)24-20(26)13-23-21(27)17-5-2-1-3-6-17/h1-3,5-6,8-11,19H,4,7,12-15H2,(H,23,27)(H,24,26). The average Bonchev–Trinajstić information content (AvgIpc) is 2.69. The second kappa shape index (κ2) is 9.53. The molecule has 2 aromatic carbocycles. The molecule has 27 heavy (non-hydrogen) atoms. The first-order chi connectivity index (χ1) is 13.1. The van der Waals surface area contributed by atoms with E-state index in [9.17, 15) is 9.59 Å². The van der Waals surface area contributed by atoms with Gasteiger partial charge in [0.15, 0.2) is 0 Å². The van der Waals surface area contributed by atoms with Gasteiger partial charge in [0.05, 0.1) is 6.54 Å². The number of halogens is 1. The molecule has 0 bridgehead atoms. The highest BCUT2D eigenvalue weighted by atomic mass is 35.5. The molecule has 5 nitrogen and oxygen atoms in total. The molecule has 1 saturated heterocycles. The molecule has 3 rings (SSSR count). The van der Waals surface area contributed by atoms with E-state index in [1.54, 1.807) is 24.3 Å². The number of nitrogens with one attached hydrogen (secondary N) is 2. The molecular weight excluding hydrogens is 362 g/mol. The van der Waals surface area contributed by atoms with Crippen LogP contribution in [0.3, 0.4) is 0 Å². The Balaban J connectivity index is 1.43. The SMILES string of the molecule is O=C(CNC(=O)c1ccccc1)NC1CCCN(Cc2ccc(Cl)cc2)C1. The van der Waals surface area contributed by atoms with E-state index < -0.39 is 0 Å². The van der Waals surface area contributed by atoms with E-state index in [2.05, 4.69) is 15.5 Å². The summed E-state index contributed by atoms with van der Waals surface area (Å²) in [6, 6.07) is 16.9. The zero-order chi connectivity index (χ0) is 19.1. The van der Waals surface area contributed by atoms with Gasteiger partial charge in [-0.15, -0.1) is 0 Å². The summed E-state index contributed by atoms with van der Waals surface area (Å²) in [5, 5.41) is 6.44. The molecule has 0 radical (unpaired) electrons. The summed E-state index contributed by atoms with van der Waals surface area (Å²) in [6.07, 6.45) is 1.99. The van der Waals surface area contributed by atoms with Crippen LogP contribution in [-0.2, 0) is 11.3 Å². The molecule has 1 aliphatic rings. The van der Waals surface area contributed by atoms with Crippen LogP contribution < -0.4 is 10.6 Å². The van der Waals surface area contributed by atoms with Crippen molar-refractivity contribution < 1.29 is 9.59 Å². The first-order valence-electron chi connectivity index (χ1n) is 9.19. The number of benzene rings is 2. The molecule has 1 fully saturated rings. The maximum atomic E-state index is 12.2. The minimum Gasteiger partial charge on any atom is -0.351 e. The van der Waals surface area contributed by atoms with Crippen molar-refractivity contribution >= 4 is 23.4 Å². The Morgan fingerprint density at radius 1 is 1.07 bits per heavy atom. The zero-order valence-corrected chi connectivity index (χ0v) is 15.9. The Labute approximate surface area is 164 Å². The van der Waals surface area contributed by atoms with Gasteiger partial charge in [-0.3, -0.25) is 14.5 Å². The molecule has 0 spiro atoms. The molecule has 2 aromatic rings. The normalized spacial score (nSPS) is 17.3. The summed E-state index contributed by atoms with van der Waals surface area (Å²) in [7, 11) is 0. The maximum Gasteiger partial charge on any atom is 0.251 e. The van der Waals surface area contributed by atoms with Crippen molar-refractivity contribution in [1.29, 1.82) is 0 Å². The summed E-state index contributed by atoms with van der Waals surface area (Å²) < 4.78 is 0. The number of hydrogen-bond donors (Lipinski definition) is 2. The molecule has 1 unspecified atom stereocenters. The van der Waals surface area contributed by atoms with Gasteiger partial charge in [-0.05, 0) is 49.2 Å². The Bertz CT molecular complexity index is 765. The van der Waals surface area contributed by atoms with Crippen molar-refractivity contribution in [3.8, 4) is 0 Å². The van der Waals surface area contributed by atoms with Gasteiger partial charge in [-0.25, -0.2) is 0 Å². The van der Waals surface area contributed by atoms with E-state index in [0.717, 1.165) is 37.5 Å². The lowest BCUT2D eigenvalue weighted by Crippen LogP contribution is -2.49. The molecule has 1 atom stereocenters. The Morgan fingerprint density at radius 3 is 2.56 bits per heavy atom. The van der Waals surface area contributed by atoms with Crippen LogP contribution in [0.15, 0.2) is 54.6 Å². The molecule has 2 N–H and O–H groups in total. The largest absolute Gasteiger partial charge is 0.351 e. The van der Waals surface area contributed by atoms with E-state index in [1.165, 1.54) is 5.56 Å². The van der Waals surface area contributed by atoms with Gasteiger partial charge in [0.25, 0.3) is 5.91 Å². The number of nitrogens with zero attached hydrogens (tertiary/aromatic N) is 1. The van der Waals surface area contributed by atoms with Crippen LogP contribution in [0, 0.1) is 0 Å². The third kappa shape index (κ3) is 6.08. The molecule has 0 aliphatic carbocycles. The van der Waals surface area contributed by atoms with Crippen molar-refractivity contribution in [3.63, 3.8) is 0 Å². The quantitative estimate of drug-likeness (QED) is 0.803. The number of likely N-dealkylation sites (tertiary alicyclic amines) is 1. The molecule has 1 aliphatic heterocycles. The summed E-state index contributed by atoms with van der Waals surface area (Å²) in [5.41, 5.74) is 1.76. The fraction of sp³-hybridized carbons (Fsp3) is 0.333. The van der Waals surface area contributed by atoms with Gasteiger partial charge >= 0.3 is 0 Å². The highest BCUT2D eigenvalue weighted by molar-refractivity contribution is 6.30. The third-order valence-electron chi connectivity index (χ3n) is 4.64. The lowest BCUT2D eigenvalue weighted by molar-refractivity contribution is -0.121. The van der Waals surface area contributed by atoms with Gasteiger partial charge in [-0.1, -0.05) is 41.9 Å². The lowest BCUT2D eigenvalue weighted by atomic mass is 10.0. The van der Waals surface area contributed by atoms with Crippen molar-refractivity contribution in [2.45, 2.75) is 25.4 Å². The third-order valence-corrected chi connectivity index (χ3v) is 4.89. The zero-order valence-electron chi connectivity index (χ0n) is 15.2. The van der Waals surface area contributed by atoms with Gasteiger partial charge in [0, 0.05) is 29.7 Å². The van der Waals surface area contributed by atoms with Gasteiger partial charge in [0.1, 0.15) is 0 Å². The maximum absolute atomic E-state index is 12.2. The van der Waals surface area contributed by atoms with E-state index >= 15 is 0 Å².